The van der Waals surface area contributed by atoms with Crippen LogP contribution in [-0.2, 0) is 14.0 Å². The lowest BCUT2D eigenvalue weighted by atomic mass is 9.85. The summed E-state index contributed by atoms with van der Waals surface area (Å²) in [6, 6.07) is 18.3. The van der Waals surface area contributed by atoms with E-state index in [2.05, 4.69) is 131 Å². The van der Waals surface area contributed by atoms with E-state index in [1.807, 2.05) is 84.9 Å². The van der Waals surface area contributed by atoms with Crippen LogP contribution >= 0.6 is 60.2 Å². The van der Waals surface area contributed by atoms with Crippen LogP contribution in [0.2, 0.25) is 0 Å². The second-order valence-electron chi connectivity index (χ2n) is 20.7. The van der Waals surface area contributed by atoms with Gasteiger partial charge in [0.25, 0.3) is 5.56 Å². The fraction of sp³-hybridized carbons (Fsp3) is 0.345. The van der Waals surface area contributed by atoms with Crippen molar-refractivity contribution in [3.63, 3.8) is 0 Å². The van der Waals surface area contributed by atoms with Crippen LogP contribution in [0, 0.1) is 38.9 Å². The van der Waals surface area contributed by atoms with Crippen LogP contribution in [0.15, 0.2) is 91.3 Å². The average molecular weight is 1480 g/mol. The molecule has 6 heterocycles. The molecule has 492 valence electrons. The lowest BCUT2D eigenvalue weighted by Crippen LogP contribution is -2.41. The maximum absolute atomic E-state index is 13.2. The van der Waals surface area contributed by atoms with E-state index in [0.29, 0.717) is 59.2 Å². The molecule has 91 heavy (non-hydrogen) atoms. The Labute approximate surface area is 557 Å². The second-order valence-corrected chi connectivity index (χ2v) is 23.5. The minimum absolute atomic E-state index is 0. The van der Waals surface area contributed by atoms with Crippen LogP contribution in [0.4, 0.5) is 33.9 Å². The van der Waals surface area contributed by atoms with Gasteiger partial charge in [-0.15, -0.1) is 12.4 Å². The molecule has 0 spiro atoms. The van der Waals surface area contributed by atoms with Crippen LogP contribution in [0.1, 0.15) is 79.6 Å². The topological polar surface area (TPSA) is 464 Å². The fourth-order valence-corrected chi connectivity index (χ4v) is 9.96. The number of fused-ring (bicyclic) bond motifs is 3. The van der Waals surface area contributed by atoms with Crippen LogP contribution in [-0.4, -0.2) is 142 Å². The number of esters is 1. The number of benzene rings is 4. The Morgan fingerprint density at radius 3 is 1.57 bits per heavy atom. The van der Waals surface area contributed by atoms with Gasteiger partial charge in [0.2, 0.25) is 17.8 Å². The van der Waals surface area contributed by atoms with Crippen molar-refractivity contribution in [1.29, 1.82) is 5.41 Å². The van der Waals surface area contributed by atoms with Gasteiger partial charge in [-0.1, -0.05) is 47.8 Å². The summed E-state index contributed by atoms with van der Waals surface area (Å²) in [6.07, 6.45) is 5.45. The number of halogens is 5. The van der Waals surface area contributed by atoms with E-state index in [0.717, 1.165) is 76.5 Å². The number of nitrogens with zero attached hydrogens (tertiary/aromatic N) is 7. The number of hydrogen-bond donors (Lipinski definition) is 15. The summed E-state index contributed by atoms with van der Waals surface area (Å²) in [5.41, 5.74) is 38.6. The number of aromatic nitrogens is 10. The second kappa shape index (κ2) is 37.0. The van der Waals surface area contributed by atoms with Crippen LogP contribution < -0.4 is 56.2 Å². The number of nitrogens with two attached hydrogens (primary N) is 6. The highest BCUT2D eigenvalue weighted by Gasteiger charge is 2.52. The van der Waals surface area contributed by atoms with Crippen LogP contribution in [0.25, 0.3) is 44.0 Å². The Hall–Kier alpha value is -7.66. The molecular formula is C58H79BBr3ClFN19O8. The zero-order valence-corrected chi connectivity index (χ0v) is 57.3. The predicted molar refractivity (Wildman–Crippen MR) is 371 cm³/mol. The number of aliphatic hydroxyl groups is 3. The molecule has 9 aromatic rings. The first-order valence-electron chi connectivity index (χ1n) is 27.8. The number of carbonyl (C=O) groups excluding carboxylic acids is 1. The highest BCUT2D eigenvalue weighted by atomic mass is 79.9. The van der Waals surface area contributed by atoms with E-state index in [1.54, 1.807) is 31.5 Å². The molecule has 1 fully saturated rings. The van der Waals surface area contributed by atoms with Gasteiger partial charge < -0.3 is 74.4 Å². The highest BCUT2D eigenvalue weighted by molar-refractivity contribution is 9.11. The number of rotatable bonds is 13. The average Bonchev–Trinajstić information content (AvgIpc) is 1.67. The van der Waals surface area contributed by atoms with Gasteiger partial charge >= 0.3 is 13.1 Å². The zero-order valence-electron chi connectivity index (χ0n) is 51.8. The molecule has 27 nitrogen and oxygen atoms in total. The first-order valence-corrected chi connectivity index (χ1v) is 30.1. The van der Waals surface area contributed by atoms with Gasteiger partial charge in [0.05, 0.1) is 57.1 Å². The van der Waals surface area contributed by atoms with Gasteiger partial charge in [-0.2, -0.15) is 20.2 Å². The molecule has 0 radical (unpaired) electrons. The number of nitrogen functional groups attached to an aromatic ring is 3. The molecule has 0 saturated carbocycles. The third kappa shape index (κ3) is 23.2. The largest absolute Gasteiger partial charge is 0.513 e. The van der Waals surface area contributed by atoms with E-state index in [9.17, 15) is 14.0 Å². The van der Waals surface area contributed by atoms with E-state index in [1.165, 1.54) is 13.2 Å². The summed E-state index contributed by atoms with van der Waals surface area (Å²) >= 11 is 9.91. The van der Waals surface area contributed by atoms with Crippen molar-refractivity contribution >= 4 is 147 Å². The van der Waals surface area contributed by atoms with Crippen LogP contribution in [0.3, 0.4) is 0 Å². The maximum atomic E-state index is 13.2. The molecule has 21 N–H and O–H groups in total. The SMILES string of the molecule is CC1(C)OB(c2ccn[nH]2)OC1(C)C.COC(=O)c1c(C)cc(Br)cc1F.Cc1cc(-c2ccn[nH]2)cc2nc(N)nc(NCCCO)c12.Cc1cc(Br)cc2nc(N)[nH]c(=O)c12.Cc1cc(Br)cc2nc(N)nc(NCCCO)c12.Cl.N=C(N)N.NCCCO. The molecule has 0 bridgehead atoms. The summed E-state index contributed by atoms with van der Waals surface area (Å²) in [6.45, 7) is 18.0. The minimum Gasteiger partial charge on any atom is -0.465 e. The molecule has 0 aliphatic carbocycles. The normalized spacial score (nSPS) is 12.3. The molecule has 5 aromatic heterocycles. The van der Waals surface area contributed by atoms with Crippen molar-refractivity contribution in [1.82, 2.24) is 50.3 Å². The molecule has 4 aromatic carbocycles. The molecule has 10 rings (SSSR count). The molecule has 1 aliphatic rings. The molecule has 0 unspecified atom stereocenters. The Balaban J connectivity index is 0.000000290. The summed E-state index contributed by atoms with van der Waals surface area (Å²) in [5, 5.41) is 54.3. The molecule has 0 amide bonds. The van der Waals surface area contributed by atoms with Crippen molar-refractivity contribution in [3.8, 4) is 11.3 Å². The van der Waals surface area contributed by atoms with Crippen LogP contribution in [0.5, 0.6) is 0 Å². The van der Waals surface area contributed by atoms with Crippen molar-refractivity contribution in [2.24, 2.45) is 17.2 Å². The Kier molecular flexibility index (Phi) is 31.6. The monoisotopic (exact) mass is 1470 g/mol. The fourth-order valence-electron chi connectivity index (χ4n) is 8.29. The Morgan fingerprint density at radius 2 is 1.13 bits per heavy atom. The van der Waals surface area contributed by atoms with Crippen molar-refractivity contribution in [2.45, 2.75) is 85.9 Å². The lowest BCUT2D eigenvalue weighted by molar-refractivity contribution is 0.00578. The summed E-state index contributed by atoms with van der Waals surface area (Å²) < 4.78 is 31.8. The van der Waals surface area contributed by atoms with Crippen molar-refractivity contribution in [3.05, 3.63) is 130 Å². The smallest absolute Gasteiger partial charge is 0.465 e. The quantitative estimate of drug-likeness (QED) is 0.0176. The van der Waals surface area contributed by atoms with Gasteiger partial charge in [0.1, 0.15) is 17.5 Å². The van der Waals surface area contributed by atoms with Gasteiger partial charge in [0.15, 0.2) is 5.96 Å². The molecular weight excluding hydrogens is 1400 g/mol. The molecule has 1 aliphatic heterocycles. The molecule has 33 heteroatoms. The van der Waals surface area contributed by atoms with E-state index >= 15 is 0 Å². The number of H-pyrrole nitrogens is 3. The van der Waals surface area contributed by atoms with Crippen molar-refractivity contribution < 1.29 is 38.6 Å². The number of methoxy groups -OCH3 is 1. The highest BCUT2D eigenvalue weighted by Crippen LogP contribution is 2.36. The Bertz CT molecular complexity index is 3820. The minimum atomic E-state index is -0.650. The lowest BCUT2D eigenvalue weighted by Gasteiger charge is -2.32. The summed E-state index contributed by atoms with van der Waals surface area (Å²) in [5.74, 6) is 0.466. The Morgan fingerprint density at radius 1 is 0.681 bits per heavy atom. The molecule has 0 atom stereocenters. The van der Waals surface area contributed by atoms with E-state index in [4.69, 9.17) is 53.0 Å². The number of aliphatic hydroxyl groups excluding tert-OH is 3. The van der Waals surface area contributed by atoms with Gasteiger partial charge in [0, 0.05) is 75.1 Å². The number of ether oxygens (including phenoxy) is 1. The molecule has 1 saturated heterocycles. The number of hydrogen-bond acceptors (Lipinski definition) is 22. The van der Waals surface area contributed by atoms with Crippen molar-refractivity contribution in [2.75, 3.05) is 74.4 Å². The third-order valence-corrected chi connectivity index (χ3v) is 14.5. The number of nitrogens with one attached hydrogen (secondary N) is 6. The number of aromatic amines is 3. The number of guanidine groups is 1. The number of aryl methyl sites for hydroxylation is 4. The van der Waals surface area contributed by atoms with Gasteiger partial charge in [-0.25, -0.2) is 24.1 Å². The zero-order chi connectivity index (χ0) is 67.0. The summed E-state index contributed by atoms with van der Waals surface area (Å²) in [7, 11) is 0.894. The number of anilines is 5. The first kappa shape index (κ1) is 77.6. The van der Waals surface area contributed by atoms with Gasteiger partial charge in [-0.05, 0) is 164 Å². The third-order valence-electron chi connectivity index (χ3n) is 13.1. The predicted octanol–water partition coefficient (Wildman–Crippen LogP) is 7.34. The van der Waals surface area contributed by atoms with Gasteiger partial charge in [-0.3, -0.25) is 25.4 Å². The van der Waals surface area contributed by atoms with E-state index < -0.39 is 11.8 Å². The summed E-state index contributed by atoms with van der Waals surface area (Å²) in [4.78, 5) is 46.2. The number of carbonyl (C=O) groups is 1. The van der Waals surface area contributed by atoms with E-state index in [-0.39, 0.29) is 85.5 Å². The first-order chi connectivity index (χ1) is 42.5. The maximum Gasteiger partial charge on any atom is 0.513 e. The standard InChI is InChI=1S/C15H18N6O.C12H15BrN4O.C9H15BN2O2.C9H8BrFO2.C9H8BrN3O.C3H9NO.CH5N3.ClH/c1-9-7-10(11-3-5-18-21-11)8-12-13(9)14(17-4-2-6-22)20-15(16)19-12;1-7-5-8(13)6-9-10(7)11(15-3-2-4-18)17-12(14)16-9;1-8(2)9(3,4)14-10(13-8)7-5-6-11-12-7;1-5-3-6(10)4-7(11)8(5)9(12)13-2;1-4-2-5(10)3-6-7(4)8(14)13-9(11)12-6;4-2-1-3-5;2-1(3)4;/h3,5,7-8,22H,2,4,6H2,1H3,(H,18,21)(H3,16,17,19,20);5-6,18H,2-4H2,1H3,(H3,14,15,16,17);5-6H,1-4H3,(H,11,12);3-4H,1-2H3;2-3H,1H3,(H3,11,12,13,14);5H,1-4H2;(H5,2,3,4);1H.